The summed E-state index contributed by atoms with van der Waals surface area (Å²) in [6.45, 7) is -0.669. The predicted octanol–water partition coefficient (Wildman–Crippen LogP) is 3.10. The fourth-order valence-corrected chi connectivity index (χ4v) is 2.50. The van der Waals surface area contributed by atoms with E-state index in [9.17, 15) is 32.9 Å². The molecule has 0 aliphatic heterocycles. The number of anilines is 1. The Hall–Kier alpha value is -3.08. The quantitative estimate of drug-likeness (QED) is 0.336. The molecule has 0 aliphatic rings. The highest BCUT2D eigenvalue weighted by Gasteiger charge is 2.21. The fraction of sp³-hybridized carbons (Fsp3) is 0.125. The van der Waals surface area contributed by atoms with Gasteiger partial charge >= 0.3 is 0 Å². The molecule has 142 valence electrons. The molecule has 0 radical (unpaired) electrons. The van der Waals surface area contributed by atoms with E-state index < -0.39 is 52.1 Å². The van der Waals surface area contributed by atoms with Crippen LogP contribution in [0.15, 0.2) is 35.2 Å². The van der Waals surface area contributed by atoms with Gasteiger partial charge in [-0.2, -0.15) is 0 Å². The van der Waals surface area contributed by atoms with Crippen LogP contribution >= 0.6 is 11.8 Å². The minimum absolute atomic E-state index is 0.251. The predicted molar refractivity (Wildman–Crippen MR) is 92.2 cm³/mol. The topological polar surface area (TPSA) is 101 Å². The Morgan fingerprint density at radius 2 is 1.85 bits per heavy atom. The van der Waals surface area contributed by atoms with Gasteiger partial charge in [-0.15, -0.1) is 11.8 Å². The van der Waals surface area contributed by atoms with Gasteiger partial charge in [0.1, 0.15) is 5.56 Å². The zero-order valence-corrected chi connectivity index (χ0v) is 14.5. The number of carbonyl (C=O) groups excluding carboxylic acids is 2. The van der Waals surface area contributed by atoms with E-state index in [1.807, 2.05) is 5.32 Å². The van der Waals surface area contributed by atoms with Gasteiger partial charge in [0.05, 0.1) is 17.2 Å². The molecular formula is C16H12F3N3O4S. The summed E-state index contributed by atoms with van der Waals surface area (Å²) in [6.07, 6.45) is 1.71. The van der Waals surface area contributed by atoms with E-state index in [-0.39, 0.29) is 5.56 Å². The Bertz CT molecular complexity index is 924. The van der Waals surface area contributed by atoms with Gasteiger partial charge in [0.25, 0.3) is 11.6 Å². The first-order chi connectivity index (χ1) is 12.7. The zero-order chi connectivity index (χ0) is 20.1. The number of halogens is 3. The van der Waals surface area contributed by atoms with Gasteiger partial charge in [-0.05, 0) is 30.5 Å². The molecule has 0 unspecified atom stereocenters. The first-order valence-corrected chi connectivity index (χ1v) is 8.51. The van der Waals surface area contributed by atoms with E-state index >= 15 is 0 Å². The van der Waals surface area contributed by atoms with Crippen molar-refractivity contribution < 1.29 is 27.7 Å². The number of nitrogens with zero attached hydrogens (tertiary/aromatic N) is 1. The molecule has 0 spiro atoms. The number of thioether (sulfide) groups is 1. The van der Waals surface area contributed by atoms with E-state index in [0.717, 1.165) is 12.1 Å². The first kappa shape index (κ1) is 20.2. The Morgan fingerprint density at radius 3 is 2.48 bits per heavy atom. The number of hydrogen-bond donors (Lipinski definition) is 2. The van der Waals surface area contributed by atoms with Crippen LogP contribution < -0.4 is 10.6 Å². The molecular weight excluding hydrogens is 387 g/mol. The van der Waals surface area contributed by atoms with Crippen LogP contribution in [0.5, 0.6) is 0 Å². The highest BCUT2D eigenvalue weighted by atomic mass is 32.2. The third kappa shape index (κ3) is 4.76. The molecule has 2 aromatic carbocycles. The van der Waals surface area contributed by atoms with Gasteiger partial charge in [-0.25, -0.2) is 13.2 Å². The van der Waals surface area contributed by atoms with Crippen molar-refractivity contribution in [3.8, 4) is 0 Å². The van der Waals surface area contributed by atoms with E-state index in [2.05, 4.69) is 5.32 Å². The number of nitrogens with one attached hydrogen (secondary N) is 2. The summed E-state index contributed by atoms with van der Waals surface area (Å²) in [5.74, 6) is -6.57. The molecule has 0 bridgehead atoms. The summed E-state index contributed by atoms with van der Waals surface area (Å²) < 4.78 is 39.5. The second-order valence-corrected chi connectivity index (χ2v) is 5.97. The van der Waals surface area contributed by atoms with Gasteiger partial charge in [0.2, 0.25) is 5.91 Å². The van der Waals surface area contributed by atoms with Gasteiger partial charge in [-0.1, -0.05) is 0 Å². The van der Waals surface area contributed by atoms with E-state index in [0.29, 0.717) is 11.0 Å². The van der Waals surface area contributed by atoms with Crippen molar-refractivity contribution in [3.63, 3.8) is 0 Å². The van der Waals surface area contributed by atoms with E-state index in [1.54, 1.807) is 6.26 Å². The molecule has 11 heteroatoms. The fourth-order valence-electron chi connectivity index (χ4n) is 2.06. The molecule has 2 aromatic rings. The zero-order valence-electron chi connectivity index (χ0n) is 13.7. The standard InChI is InChI=1S/C16H12F3N3O4S/c1-27-8-2-5-12(22(25)26)9(6-8)16(24)20-7-13(23)21-11-4-3-10(17)14(18)15(11)19/h2-6H,7H2,1H3,(H,20,24)(H,21,23). The molecule has 0 saturated carbocycles. The summed E-state index contributed by atoms with van der Waals surface area (Å²) in [6, 6.07) is 5.38. The van der Waals surface area contributed by atoms with Crippen molar-refractivity contribution in [3.05, 3.63) is 63.5 Å². The highest BCUT2D eigenvalue weighted by molar-refractivity contribution is 7.98. The van der Waals surface area contributed by atoms with Crippen molar-refractivity contribution in [2.24, 2.45) is 0 Å². The molecule has 7 nitrogen and oxygen atoms in total. The smallest absolute Gasteiger partial charge is 0.282 e. The van der Waals surface area contributed by atoms with Crippen LogP contribution in [0.3, 0.4) is 0 Å². The molecule has 2 rings (SSSR count). The second kappa shape index (κ2) is 8.54. The van der Waals surface area contributed by atoms with Crippen LogP contribution in [0.1, 0.15) is 10.4 Å². The molecule has 0 saturated heterocycles. The maximum Gasteiger partial charge on any atom is 0.282 e. The molecule has 2 N–H and O–H groups in total. The summed E-state index contributed by atoms with van der Waals surface area (Å²) in [7, 11) is 0. The van der Waals surface area contributed by atoms with Gasteiger partial charge in [0.15, 0.2) is 17.5 Å². The third-order valence-electron chi connectivity index (χ3n) is 3.36. The number of hydrogen-bond acceptors (Lipinski definition) is 5. The third-order valence-corrected chi connectivity index (χ3v) is 4.09. The molecule has 2 amide bonds. The highest BCUT2D eigenvalue weighted by Crippen LogP contribution is 2.24. The average Bonchev–Trinajstić information content (AvgIpc) is 2.65. The number of amides is 2. The van der Waals surface area contributed by atoms with E-state index in [4.69, 9.17) is 0 Å². The van der Waals surface area contributed by atoms with Crippen LogP contribution in [0.25, 0.3) is 0 Å². The van der Waals surface area contributed by atoms with Crippen molar-refractivity contribution in [1.82, 2.24) is 5.32 Å². The lowest BCUT2D eigenvalue weighted by atomic mass is 10.1. The Morgan fingerprint density at radius 1 is 1.15 bits per heavy atom. The number of carbonyl (C=O) groups is 2. The molecule has 0 atom stereocenters. The minimum atomic E-state index is -1.75. The normalized spacial score (nSPS) is 10.4. The van der Waals surface area contributed by atoms with Crippen LogP contribution in [0, 0.1) is 27.6 Å². The Balaban J connectivity index is 2.08. The van der Waals surface area contributed by atoms with E-state index in [1.165, 1.54) is 23.9 Å². The van der Waals surface area contributed by atoms with Gasteiger partial charge < -0.3 is 10.6 Å². The van der Waals surface area contributed by atoms with Crippen LogP contribution in [-0.2, 0) is 4.79 Å². The van der Waals surface area contributed by atoms with Crippen molar-refractivity contribution >= 4 is 35.0 Å². The summed E-state index contributed by atoms with van der Waals surface area (Å²) >= 11 is 1.26. The molecule has 0 heterocycles. The lowest BCUT2D eigenvalue weighted by molar-refractivity contribution is -0.385. The maximum absolute atomic E-state index is 13.5. The van der Waals surface area contributed by atoms with Gasteiger partial charge in [-0.3, -0.25) is 19.7 Å². The van der Waals surface area contributed by atoms with Gasteiger partial charge in [0, 0.05) is 11.0 Å². The Labute approximate surface area is 155 Å². The van der Waals surface area contributed by atoms with Crippen molar-refractivity contribution in [2.45, 2.75) is 4.90 Å². The number of nitro benzene ring substituents is 1. The largest absolute Gasteiger partial charge is 0.343 e. The molecule has 0 aromatic heterocycles. The van der Waals surface area contributed by atoms with Crippen LogP contribution in [-0.4, -0.2) is 29.5 Å². The lowest BCUT2D eigenvalue weighted by Gasteiger charge is -2.09. The lowest BCUT2D eigenvalue weighted by Crippen LogP contribution is -2.33. The maximum atomic E-state index is 13.5. The first-order valence-electron chi connectivity index (χ1n) is 7.28. The minimum Gasteiger partial charge on any atom is -0.343 e. The summed E-state index contributed by atoms with van der Waals surface area (Å²) in [5.41, 5.74) is -1.31. The SMILES string of the molecule is CSc1ccc([N+](=O)[O-])c(C(=O)NCC(=O)Nc2ccc(F)c(F)c2F)c1. The molecule has 27 heavy (non-hydrogen) atoms. The summed E-state index contributed by atoms with van der Waals surface area (Å²) in [4.78, 5) is 34.9. The van der Waals surface area contributed by atoms with Crippen LogP contribution in [0.2, 0.25) is 0 Å². The molecule has 0 fully saturated rings. The number of nitro groups is 1. The average molecular weight is 399 g/mol. The van der Waals surface area contributed by atoms with Crippen molar-refractivity contribution in [1.29, 1.82) is 0 Å². The second-order valence-electron chi connectivity index (χ2n) is 5.09. The monoisotopic (exact) mass is 399 g/mol. The Kier molecular flexibility index (Phi) is 6.40. The van der Waals surface area contributed by atoms with Crippen molar-refractivity contribution in [2.75, 3.05) is 18.1 Å². The summed E-state index contributed by atoms with van der Waals surface area (Å²) in [5, 5.41) is 15.2. The number of rotatable bonds is 6. The molecule has 0 aliphatic carbocycles. The number of benzene rings is 2. The van der Waals surface area contributed by atoms with Crippen LogP contribution in [0.4, 0.5) is 24.5 Å².